The molecule has 0 bridgehead atoms. The van der Waals surface area contributed by atoms with Crippen molar-refractivity contribution in [2.24, 2.45) is 0 Å². The maximum Gasteiger partial charge on any atom is 0.348 e. The molecular formula is C15H17FN2O2S. The average molecular weight is 308 g/mol. The van der Waals surface area contributed by atoms with E-state index in [9.17, 15) is 14.3 Å². The molecule has 1 aromatic heterocycles. The second-order valence-corrected chi connectivity index (χ2v) is 5.64. The number of thiazole rings is 1. The first-order valence-electron chi connectivity index (χ1n) is 6.76. The summed E-state index contributed by atoms with van der Waals surface area (Å²) < 4.78 is 13.0. The fourth-order valence-corrected chi connectivity index (χ4v) is 2.99. The molecule has 0 aliphatic rings. The molecule has 2 aromatic rings. The Labute approximate surface area is 126 Å². The number of hydrogen-bond donors (Lipinski definition) is 1. The lowest BCUT2D eigenvalue weighted by Gasteiger charge is -2.15. The second kappa shape index (κ2) is 6.78. The number of aromatic carboxylic acids is 1. The maximum atomic E-state index is 13.0. The van der Waals surface area contributed by atoms with Crippen molar-refractivity contribution in [2.75, 3.05) is 13.1 Å². The van der Waals surface area contributed by atoms with E-state index in [1.54, 1.807) is 12.1 Å². The number of carboxylic acid groups (broad SMARTS) is 1. The molecular weight excluding hydrogens is 291 g/mol. The Balaban J connectivity index is 2.38. The molecule has 1 heterocycles. The number of rotatable bonds is 6. The highest BCUT2D eigenvalue weighted by molar-refractivity contribution is 7.14. The Morgan fingerprint density at radius 3 is 2.43 bits per heavy atom. The first-order valence-corrected chi connectivity index (χ1v) is 7.58. The highest BCUT2D eigenvalue weighted by Gasteiger charge is 2.19. The molecule has 0 radical (unpaired) electrons. The van der Waals surface area contributed by atoms with Gasteiger partial charge in [-0.15, -0.1) is 11.3 Å². The standard InChI is InChI=1S/C15H17FN2O2S/c1-3-18(4-2)9-12-17-13(14(21-12)15(19)20)10-5-7-11(16)8-6-10/h5-8H,3-4,9H2,1-2H3,(H,19,20). The summed E-state index contributed by atoms with van der Waals surface area (Å²) in [5.41, 5.74) is 1.03. The molecule has 4 nitrogen and oxygen atoms in total. The highest BCUT2D eigenvalue weighted by Crippen LogP contribution is 2.29. The number of hydrogen-bond acceptors (Lipinski definition) is 4. The van der Waals surface area contributed by atoms with E-state index in [1.807, 2.05) is 0 Å². The van der Waals surface area contributed by atoms with Crippen molar-refractivity contribution >= 4 is 17.3 Å². The molecule has 0 spiro atoms. The molecule has 0 amide bonds. The van der Waals surface area contributed by atoms with Gasteiger partial charge >= 0.3 is 5.97 Å². The molecule has 6 heteroatoms. The quantitative estimate of drug-likeness (QED) is 0.887. The lowest BCUT2D eigenvalue weighted by Crippen LogP contribution is -2.21. The van der Waals surface area contributed by atoms with E-state index >= 15 is 0 Å². The van der Waals surface area contributed by atoms with E-state index in [2.05, 4.69) is 23.7 Å². The predicted octanol–water partition coefficient (Wildman–Crippen LogP) is 3.49. The topological polar surface area (TPSA) is 53.4 Å². The van der Waals surface area contributed by atoms with E-state index in [0.717, 1.165) is 18.1 Å². The van der Waals surface area contributed by atoms with Gasteiger partial charge in [0, 0.05) is 5.56 Å². The molecule has 0 saturated heterocycles. The van der Waals surface area contributed by atoms with Crippen molar-refractivity contribution < 1.29 is 14.3 Å². The van der Waals surface area contributed by atoms with E-state index in [1.165, 1.54) is 23.5 Å². The van der Waals surface area contributed by atoms with Gasteiger partial charge in [-0.2, -0.15) is 0 Å². The lowest BCUT2D eigenvalue weighted by atomic mass is 10.1. The van der Waals surface area contributed by atoms with Crippen LogP contribution in [0.1, 0.15) is 28.5 Å². The van der Waals surface area contributed by atoms with Crippen LogP contribution in [0.4, 0.5) is 4.39 Å². The summed E-state index contributed by atoms with van der Waals surface area (Å²) in [5, 5.41) is 10.1. The Kier molecular flexibility index (Phi) is 5.03. The smallest absolute Gasteiger partial charge is 0.348 e. The van der Waals surface area contributed by atoms with Crippen molar-refractivity contribution in [1.29, 1.82) is 0 Å². The summed E-state index contributed by atoms with van der Waals surface area (Å²) in [7, 11) is 0. The van der Waals surface area contributed by atoms with Crippen LogP contribution in [0.25, 0.3) is 11.3 Å². The third-order valence-corrected chi connectivity index (χ3v) is 4.26. The predicted molar refractivity (Wildman–Crippen MR) is 81.1 cm³/mol. The van der Waals surface area contributed by atoms with E-state index in [-0.39, 0.29) is 10.7 Å². The molecule has 0 aliphatic heterocycles. The Hall–Kier alpha value is -1.79. The molecule has 0 saturated carbocycles. The zero-order chi connectivity index (χ0) is 15.4. The average Bonchev–Trinajstić information content (AvgIpc) is 2.89. The molecule has 0 atom stereocenters. The van der Waals surface area contributed by atoms with Crippen LogP contribution in [0.3, 0.4) is 0 Å². The number of halogens is 1. The molecule has 0 aliphatic carbocycles. The van der Waals surface area contributed by atoms with Crippen molar-refractivity contribution in [3.63, 3.8) is 0 Å². The SMILES string of the molecule is CCN(CC)Cc1nc(-c2ccc(F)cc2)c(C(=O)O)s1. The molecule has 112 valence electrons. The van der Waals surface area contributed by atoms with Gasteiger partial charge in [0.15, 0.2) is 0 Å². The van der Waals surface area contributed by atoms with Gasteiger partial charge in [-0.3, -0.25) is 4.90 Å². The zero-order valence-corrected chi connectivity index (χ0v) is 12.8. The van der Waals surface area contributed by atoms with Gasteiger partial charge in [0.2, 0.25) is 0 Å². The van der Waals surface area contributed by atoms with Crippen LogP contribution >= 0.6 is 11.3 Å². The van der Waals surface area contributed by atoms with Crippen LogP contribution < -0.4 is 0 Å². The van der Waals surface area contributed by atoms with Crippen LogP contribution in [0, 0.1) is 5.82 Å². The number of carboxylic acids is 1. The number of benzene rings is 1. The van der Waals surface area contributed by atoms with Gasteiger partial charge in [-0.1, -0.05) is 13.8 Å². The summed E-state index contributed by atoms with van der Waals surface area (Å²) in [5.74, 6) is -1.35. The van der Waals surface area contributed by atoms with Gasteiger partial charge in [-0.05, 0) is 37.4 Å². The summed E-state index contributed by atoms with van der Waals surface area (Å²) in [6.07, 6.45) is 0. The van der Waals surface area contributed by atoms with Crippen molar-refractivity contribution in [3.8, 4) is 11.3 Å². The minimum atomic E-state index is -1.00. The Morgan fingerprint density at radius 2 is 1.90 bits per heavy atom. The van der Waals surface area contributed by atoms with Gasteiger partial charge < -0.3 is 5.11 Å². The van der Waals surface area contributed by atoms with E-state index < -0.39 is 5.97 Å². The van der Waals surface area contributed by atoms with Crippen LogP contribution in [-0.2, 0) is 6.54 Å². The monoisotopic (exact) mass is 308 g/mol. The van der Waals surface area contributed by atoms with E-state index in [4.69, 9.17) is 0 Å². The Morgan fingerprint density at radius 1 is 1.29 bits per heavy atom. The van der Waals surface area contributed by atoms with Crippen molar-refractivity contribution in [3.05, 3.63) is 40.0 Å². The molecule has 2 rings (SSSR count). The third kappa shape index (κ3) is 3.65. The van der Waals surface area contributed by atoms with Crippen LogP contribution in [0.15, 0.2) is 24.3 Å². The molecule has 0 fully saturated rings. The number of nitrogens with zero attached hydrogens (tertiary/aromatic N) is 2. The molecule has 0 unspecified atom stereocenters. The zero-order valence-electron chi connectivity index (χ0n) is 12.0. The maximum absolute atomic E-state index is 13.0. The van der Waals surface area contributed by atoms with Gasteiger partial charge in [0.05, 0.1) is 12.2 Å². The number of carbonyl (C=O) groups is 1. The van der Waals surface area contributed by atoms with Crippen LogP contribution in [0.5, 0.6) is 0 Å². The van der Waals surface area contributed by atoms with Gasteiger partial charge in [-0.25, -0.2) is 14.2 Å². The van der Waals surface area contributed by atoms with Crippen LogP contribution in [-0.4, -0.2) is 34.0 Å². The van der Waals surface area contributed by atoms with Crippen molar-refractivity contribution in [2.45, 2.75) is 20.4 Å². The first kappa shape index (κ1) is 15.6. The second-order valence-electron chi connectivity index (χ2n) is 4.56. The first-order chi connectivity index (χ1) is 10.0. The Bertz CT molecular complexity index is 621. The molecule has 21 heavy (non-hydrogen) atoms. The molecule has 1 aromatic carbocycles. The van der Waals surface area contributed by atoms with Crippen LogP contribution in [0.2, 0.25) is 0 Å². The lowest BCUT2D eigenvalue weighted by molar-refractivity contribution is 0.0702. The normalized spacial score (nSPS) is 11.0. The van der Waals surface area contributed by atoms with E-state index in [0.29, 0.717) is 17.8 Å². The third-order valence-electron chi connectivity index (χ3n) is 3.24. The van der Waals surface area contributed by atoms with Gasteiger partial charge in [0.25, 0.3) is 0 Å². The number of aromatic nitrogens is 1. The fourth-order valence-electron chi connectivity index (χ4n) is 2.02. The van der Waals surface area contributed by atoms with Crippen molar-refractivity contribution in [1.82, 2.24) is 9.88 Å². The minimum absolute atomic E-state index is 0.198. The summed E-state index contributed by atoms with van der Waals surface area (Å²) in [4.78, 5) is 18.2. The summed E-state index contributed by atoms with van der Waals surface area (Å²) >= 11 is 1.18. The molecule has 1 N–H and O–H groups in total. The summed E-state index contributed by atoms with van der Waals surface area (Å²) in [6, 6.07) is 5.73. The largest absolute Gasteiger partial charge is 0.477 e. The fraction of sp³-hybridized carbons (Fsp3) is 0.333. The minimum Gasteiger partial charge on any atom is -0.477 e. The van der Waals surface area contributed by atoms with Gasteiger partial charge in [0.1, 0.15) is 15.7 Å². The highest BCUT2D eigenvalue weighted by atomic mass is 32.1. The summed E-state index contributed by atoms with van der Waals surface area (Å²) in [6.45, 7) is 6.49.